The van der Waals surface area contributed by atoms with Crippen LogP contribution in [-0.2, 0) is 16.7 Å². The smallest absolute Gasteiger partial charge is 0.416 e. The number of ether oxygens (including phenoxy) is 2. The second-order valence-electron chi connectivity index (χ2n) is 7.01. The molecule has 0 aliphatic rings. The van der Waals surface area contributed by atoms with Crippen LogP contribution in [0, 0.1) is 6.92 Å². The van der Waals surface area contributed by atoms with Gasteiger partial charge in [0.1, 0.15) is 11.5 Å². The van der Waals surface area contributed by atoms with E-state index in [2.05, 4.69) is 0 Å². The van der Waals surface area contributed by atoms with Crippen molar-refractivity contribution in [3.05, 3.63) is 77.4 Å². The zero-order valence-electron chi connectivity index (χ0n) is 17.4. The Labute approximate surface area is 188 Å². The Morgan fingerprint density at radius 1 is 0.969 bits per heavy atom. The predicted molar refractivity (Wildman–Crippen MR) is 117 cm³/mol. The highest BCUT2D eigenvalue weighted by Crippen LogP contribution is 2.37. The van der Waals surface area contributed by atoms with Crippen LogP contribution in [0.3, 0.4) is 0 Å². The van der Waals surface area contributed by atoms with Gasteiger partial charge in [0.15, 0.2) is 6.61 Å². The third kappa shape index (κ3) is 5.97. The average molecular weight is 462 g/mol. The Kier molecular flexibility index (Phi) is 7.35. The van der Waals surface area contributed by atoms with Gasteiger partial charge < -0.3 is 14.6 Å². The lowest BCUT2D eigenvalue weighted by atomic mass is 10.0. The van der Waals surface area contributed by atoms with Gasteiger partial charge in [-0.25, -0.2) is 4.79 Å². The van der Waals surface area contributed by atoms with Crippen molar-refractivity contribution >= 4 is 17.7 Å². The highest BCUT2D eigenvalue weighted by atomic mass is 32.2. The van der Waals surface area contributed by atoms with Crippen LogP contribution >= 0.6 is 11.8 Å². The quantitative estimate of drug-likeness (QED) is 0.390. The van der Waals surface area contributed by atoms with E-state index in [1.165, 1.54) is 19.2 Å². The summed E-state index contributed by atoms with van der Waals surface area (Å²) in [7, 11) is 1.54. The largest absolute Gasteiger partial charge is 0.495 e. The maximum absolute atomic E-state index is 12.7. The zero-order valence-corrected chi connectivity index (χ0v) is 18.2. The van der Waals surface area contributed by atoms with Gasteiger partial charge in [0.05, 0.1) is 17.6 Å². The molecule has 0 amide bonds. The number of thioether (sulfide) groups is 1. The maximum atomic E-state index is 12.7. The molecule has 0 unspecified atom stereocenters. The number of benzene rings is 3. The molecule has 0 aromatic heterocycles. The van der Waals surface area contributed by atoms with Gasteiger partial charge in [-0.1, -0.05) is 36.4 Å². The first-order valence-electron chi connectivity index (χ1n) is 9.60. The number of hydrogen-bond donors (Lipinski definition) is 1. The standard InChI is InChI=1S/C24H21F3O4S/c1-15-11-22(21(30-2)12-20(15)31-13-23(28)29)32-14-16-3-5-17(6-4-16)18-7-9-19(10-8-18)24(25,26)27/h3-12H,13-14H2,1-2H3,(H,28,29). The van der Waals surface area contributed by atoms with Crippen LogP contribution in [0.2, 0.25) is 0 Å². The van der Waals surface area contributed by atoms with E-state index in [1.54, 1.807) is 17.8 Å². The van der Waals surface area contributed by atoms with Crippen molar-refractivity contribution in [3.8, 4) is 22.6 Å². The lowest BCUT2D eigenvalue weighted by Gasteiger charge is -2.14. The first kappa shape index (κ1) is 23.5. The SMILES string of the molecule is COc1cc(OCC(=O)O)c(C)cc1SCc1ccc(-c2ccc(C(F)(F)F)cc2)cc1. The van der Waals surface area contributed by atoms with Crippen molar-refractivity contribution in [2.45, 2.75) is 23.7 Å². The molecule has 0 saturated heterocycles. The fourth-order valence-electron chi connectivity index (χ4n) is 3.02. The highest BCUT2D eigenvalue weighted by molar-refractivity contribution is 7.98. The molecule has 3 aromatic carbocycles. The summed E-state index contributed by atoms with van der Waals surface area (Å²) in [5, 5.41) is 8.79. The van der Waals surface area contributed by atoms with E-state index in [1.807, 2.05) is 37.3 Å². The number of rotatable bonds is 8. The molecule has 168 valence electrons. The van der Waals surface area contributed by atoms with Gasteiger partial charge in [0.2, 0.25) is 0 Å². The summed E-state index contributed by atoms with van der Waals surface area (Å²) in [5.74, 6) is 0.636. The molecule has 0 fully saturated rings. The molecule has 0 heterocycles. The van der Waals surface area contributed by atoms with Crippen LogP contribution in [0.25, 0.3) is 11.1 Å². The minimum Gasteiger partial charge on any atom is -0.495 e. The van der Waals surface area contributed by atoms with Gasteiger partial charge in [-0.2, -0.15) is 13.2 Å². The molecule has 3 rings (SSSR count). The minimum absolute atomic E-state index is 0.429. The van der Waals surface area contributed by atoms with Crippen molar-refractivity contribution in [1.82, 2.24) is 0 Å². The van der Waals surface area contributed by atoms with E-state index >= 15 is 0 Å². The van der Waals surface area contributed by atoms with Crippen molar-refractivity contribution in [2.75, 3.05) is 13.7 Å². The maximum Gasteiger partial charge on any atom is 0.416 e. The summed E-state index contributed by atoms with van der Waals surface area (Å²) >= 11 is 1.56. The lowest BCUT2D eigenvalue weighted by Crippen LogP contribution is -2.10. The number of carboxylic acids is 1. The zero-order chi connectivity index (χ0) is 23.3. The molecule has 0 aliphatic carbocycles. The van der Waals surface area contributed by atoms with Gasteiger partial charge in [-0.3, -0.25) is 0 Å². The molecular weight excluding hydrogens is 441 g/mol. The van der Waals surface area contributed by atoms with Crippen LogP contribution in [0.5, 0.6) is 11.5 Å². The Hall–Kier alpha value is -3.13. The monoisotopic (exact) mass is 462 g/mol. The number of halogens is 3. The number of aliphatic carboxylic acids is 1. The highest BCUT2D eigenvalue weighted by Gasteiger charge is 2.29. The summed E-state index contributed by atoms with van der Waals surface area (Å²) < 4.78 is 48.9. The van der Waals surface area contributed by atoms with Crippen LogP contribution in [0.15, 0.2) is 65.6 Å². The van der Waals surface area contributed by atoms with Crippen LogP contribution in [0.4, 0.5) is 13.2 Å². The molecule has 0 radical (unpaired) electrons. The molecule has 4 nitrogen and oxygen atoms in total. The van der Waals surface area contributed by atoms with Crippen molar-refractivity contribution < 1.29 is 32.5 Å². The molecule has 1 N–H and O–H groups in total. The molecule has 32 heavy (non-hydrogen) atoms. The fourth-order valence-corrected chi connectivity index (χ4v) is 4.08. The van der Waals surface area contributed by atoms with Crippen LogP contribution in [0.1, 0.15) is 16.7 Å². The summed E-state index contributed by atoms with van der Waals surface area (Å²) in [6, 6.07) is 16.3. The third-order valence-electron chi connectivity index (χ3n) is 4.71. The molecule has 8 heteroatoms. The summed E-state index contributed by atoms with van der Waals surface area (Å²) in [6.45, 7) is 1.40. The normalized spacial score (nSPS) is 11.3. The summed E-state index contributed by atoms with van der Waals surface area (Å²) in [4.78, 5) is 11.6. The van der Waals surface area contributed by atoms with Gasteiger partial charge >= 0.3 is 12.1 Å². The molecule has 0 aliphatic heterocycles. The molecule has 0 spiro atoms. The first-order chi connectivity index (χ1) is 15.2. The number of hydrogen-bond acceptors (Lipinski definition) is 4. The van der Waals surface area contributed by atoms with Gasteiger partial charge in [0.25, 0.3) is 0 Å². The second-order valence-corrected chi connectivity index (χ2v) is 8.03. The fraction of sp³-hybridized carbons (Fsp3) is 0.208. The minimum atomic E-state index is -4.35. The van der Waals surface area contributed by atoms with Gasteiger partial charge in [-0.15, -0.1) is 11.8 Å². The van der Waals surface area contributed by atoms with Crippen LogP contribution < -0.4 is 9.47 Å². The summed E-state index contributed by atoms with van der Waals surface area (Å²) in [5.41, 5.74) is 2.72. The van der Waals surface area contributed by atoms with Crippen molar-refractivity contribution in [1.29, 1.82) is 0 Å². The lowest BCUT2D eigenvalue weighted by molar-refractivity contribution is -0.139. The number of aryl methyl sites for hydroxylation is 1. The molecule has 3 aromatic rings. The van der Waals surface area contributed by atoms with Crippen LogP contribution in [-0.4, -0.2) is 24.8 Å². The van der Waals surface area contributed by atoms with Crippen molar-refractivity contribution in [3.63, 3.8) is 0 Å². The predicted octanol–water partition coefficient (Wildman–Crippen LogP) is 6.45. The second kappa shape index (κ2) is 9.99. The van der Waals surface area contributed by atoms with E-state index in [0.29, 0.717) is 22.8 Å². The van der Waals surface area contributed by atoms with E-state index in [4.69, 9.17) is 14.6 Å². The van der Waals surface area contributed by atoms with E-state index in [9.17, 15) is 18.0 Å². The molecule has 0 saturated carbocycles. The molecule has 0 atom stereocenters. The van der Waals surface area contributed by atoms with E-state index in [0.717, 1.165) is 33.7 Å². The molecular formula is C24H21F3O4S. The van der Waals surface area contributed by atoms with Gasteiger partial charge in [-0.05, 0) is 47.4 Å². The Morgan fingerprint density at radius 2 is 1.56 bits per heavy atom. The van der Waals surface area contributed by atoms with E-state index in [-0.39, 0.29) is 0 Å². The third-order valence-corrected chi connectivity index (χ3v) is 5.81. The Balaban J connectivity index is 1.68. The number of alkyl halides is 3. The summed E-state index contributed by atoms with van der Waals surface area (Å²) in [6.07, 6.45) is -4.35. The average Bonchev–Trinajstić information content (AvgIpc) is 2.76. The number of methoxy groups -OCH3 is 1. The molecule has 0 bridgehead atoms. The van der Waals surface area contributed by atoms with Crippen molar-refractivity contribution in [2.24, 2.45) is 0 Å². The first-order valence-corrected chi connectivity index (χ1v) is 10.6. The number of carbonyl (C=O) groups is 1. The topological polar surface area (TPSA) is 55.8 Å². The van der Waals surface area contributed by atoms with E-state index < -0.39 is 24.3 Å². The number of carboxylic acid groups (broad SMARTS) is 1. The Bertz CT molecular complexity index is 1080. The van der Waals surface area contributed by atoms with Gasteiger partial charge in [0, 0.05) is 11.8 Å². The Morgan fingerprint density at radius 3 is 2.09 bits per heavy atom.